The zero-order chi connectivity index (χ0) is 19.8. The Balaban J connectivity index is 2.21. The molecular weight excluding hydrogens is 344 g/mol. The lowest BCUT2D eigenvalue weighted by molar-refractivity contribution is 0.0555. The summed E-state index contributed by atoms with van der Waals surface area (Å²) in [5.41, 5.74) is 7.48. The second-order valence-corrected chi connectivity index (χ2v) is 7.95. The average Bonchev–Trinajstić information content (AvgIpc) is 2.92. The monoisotopic (exact) mass is 372 g/mol. The minimum Gasteiger partial charge on any atom is -0.493 e. The molecule has 4 N–H and O–H groups in total. The predicted octanol–water partition coefficient (Wildman–Crippen LogP) is 2.85. The molecule has 0 saturated carbocycles. The van der Waals surface area contributed by atoms with Gasteiger partial charge in [-0.3, -0.25) is 0 Å². The number of hydrogen-bond acceptors (Lipinski definition) is 6. The summed E-state index contributed by atoms with van der Waals surface area (Å²) < 4.78 is 8.00. The summed E-state index contributed by atoms with van der Waals surface area (Å²) in [5, 5.41) is 20.6. The molecule has 0 saturated heterocycles. The van der Waals surface area contributed by atoms with Gasteiger partial charge in [0.2, 0.25) is 0 Å². The Bertz CT molecular complexity index is 957. The molecule has 0 amide bonds. The van der Waals surface area contributed by atoms with E-state index >= 15 is 0 Å². The molecule has 0 bridgehead atoms. The topological polar surface area (TPSA) is 106 Å². The number of nitrogens with zero attached hydrogens (tertiary/aromatic N) is 3. The number of aliphatic hydroxyl groups excluding tert-OH is 1. The summed E-state index contributed by atoms with van der Waals surface area (Å²) in [6.45, 7) is 8.63. The van der Waals surface area contributed by atoms with Crippen molar-refractivity contribution in [2.75, 3.05) is 12.3 Å². The second-order valence-electron chi connectivity index (χ2n) is 7.95. The molecule has 0 unspecified atom stereocenters. The highest BCUT2D eigenvalue weighted by molar-refractivity contribution is 6.09. The van der Waals surface area contributed by atoms with Crippen LogP contribution in [0.25, 0.3) is 21.9 Å². The van der Waals surface area contributed by atoms with E-state index in [2.05, 4.69) is 23.8 Å². The predicted molar refractivity (Wildman–Crippen MR) is 107 cm³/mol. The molecule has 27 heavy (non-hydrogen) atoms. The number of anilines is 1. The van der Waals surface area contributed by atoms with Crippen LogP contribution in [-0.4, -0.2) is 37.0 Å². The number of nitrogen functional groups attached to an aromatic ring is 1. The lowest BCUT2D eigenvalue weighted by Crippen LogP contribution is -2.21. The van der Waals surface area contributed by atoms with Crippen LogP contribution in [0.1, 0.15) is 39.9 Å². The molecule has 0 aliphatic rings. The number of nitrogens with two attached hydrogens (primary N) is 1. The van der Waals surface area contributed by atoms with Crippen LogP contribution in [0.3, 0.4) is 0 Å². The molecule has 0 aliphatic carbocycles. The number of rotatable bonds is 7. The fourth-order valence-corrected chi connectivity index (χ4v) is 3.18. The number of benzene rings is 1. The Kier molecular flexibility index (Phi) is 5.26. The summed E-state index contributed by atoms with van der Waals surface area (Å²) in [5.74, 6) is 1.93. The zero-order valence-corrected chi connectivity index (χ0v) is 16.4. The first-order valence-electron chi connectivity index (χ1n) is 9.24. The SMILES string of the molecule is CC(C)Cn1c(CO)nc2c(N)nc3cccc(OCCC(C)(C)O)c3c21. The Morgan fingerprint density at radius 3 is 2.63 bits per heavy atom. The summed E-state index contributed by atoms with van der Waals surface area (Å²) in [6.07, 6.45) is 0.502. The number of fused-ring (bicyclic) bond motifs is 3. The maximum atomic E-state index is 9.94. The normalized spacial score (nSPS) is 12.4. The van der Waals surface area contributed by atoms with E-state index in [0.717, 1.165) is 16.4 Å². The molecule has 2 aromatic heterocycles. The Hall–Kier alpha value is -2.38. The van der Waals surface area contributed by atoms with E-state index in [-0.39, 0.29) is 6.61 Å². The van der Waals surface area contributed by atoms with Gasteiger partial charge in [0.25, 0.3) is 0 Å². The molecule has 3 aromatic rings. The van der Waals surface area contributed by atoms with Crippen LogP contribution in [0.2, 0.25) is 0 Å². The maximum Gasteiger partial charge on any atom is 0.152 e. The average molecular weight is 372 g/mol. The van der Waals surface area contributed by atoms with Gasteiger partial charge in [-0.25, -0.2) is 9.97 Å². The van der Waals surface area contributed by atoms with Crippen molar-refractivity contribution < 1.29 is 14.9 Å². The summed E-state index contributed by atoms with van der Waals surface area (Å²) in [7, 11) is 0. The number of ether oxygens (including phenoxy) is 1. The number of pyridine rings is 1. The van der Waals surface area contributed by atoms with Crippen LogP contribution >= 0.6 is 0 Å². The van der Waals surface area contributed by atoms with E-state index in [4.69, 9.17) is 10.5 Å². The van der Waals surface area contributed by atoms with Crippen LogP contribution in [0.15, 0.2) is 18.2 Å². The quantitative estimate of drug-likeness (QED) is 0.589. The van der Waals surface area contributed by atoms with Crippen LogP contribution < -0.4 is 10.5 Å². The third-order valence-corrected chi connectivity index (χ3v) is 4.43. The van der Waals surface area contributed by atoms with Gasteiger partial charge in [-0.15, -0.1) is 0 Å². The van der Waals surface area contributed by atoms with Gasteiger partial charge in [-0.1, -0.05) is 19.9 Å². The third-order valence-electron chi connectivity index (χ3n) is 4.43. The lowest BCUT2D eigenvalue weighted by Gasteiger charge is -2.18. The largest absolute Gasteiger partial charge is 0.493 e. The maximum absolute atomic E-state index is 9.94. The standard InChI is InChI=1S/C20H28N4O3/c1-12(2)10-24-15(11-25)23-17-18(24)16-13(22-19(17)21)6-5-7-14(16)27-9-8-20(3,4)26/h5-7,12,25-26H,8-11H2,1-4H3,(H2,21,22). The Labute approximate surface area is 158 Å². The minimum absolute atomic E-state index is 0.177. The van der Waals surface area contributed by atoms with E-state index in [0.29, 0.717) is 48.4 Å². The minimum atomic E-state index is -0.800. The van der Waals surface area contributed by atoms with Crippen LogP contribution in [0.5, 0.6) is 5.75 Å². The number of aromatic nitrogens is 3. The molecule has 3 rings (SSSR count). The van der Waals surface area contributed by atoms with E-state index in [1.54, 1.807) is 13.8 Å². The van der Waals surface area contributed by atoms with Gasteiger partial charge in [0.15, 0.2) is 5.82 Å². The van der Waals surface area contributed by atoms with Gasteiger partial charge in [-0.2, -0.15) is 0 Å². The Morgan fingerprint density at radius 2 is 2.00 bits per heavy atom. The van der Waals surface area contributed by atoms with Crippen LogP contribution in [0, 0.1) is 5.92 Å². The van der Waals surface area contributed by atoms with Crippen molar-refractivity contribution in [1.29, 1.82) is 0 Å². The van der Waals surface area contributed by atoms with Crippen molar-refractivity contribution in [1.82, 2.24) is 14.5 Å². The molecular formula is C20H28N4O3. The highest BCUT2D eigenvalue weighted by Gasteiger charge is 2.20. The molecule has 146 valence electrons. The van der Waals surface area contributed by atoms with Crippen molar-refractivity contribution in [3.8, 4) is 5.75 Å². The lowest BCUT2D eigenvalue weighted by atomic mass is 10.1. The number of imidazole rings is 1. The van der Waals surface area contributed by atoms with Crippen molar-refractivity contribution in [2.24, 2.45) is 5.92 Å². The van der Waals surface area contributed by atoms with Crippen molar-refractivity contribution in [3.63, 3.8) is 0 Å². The highest BCUT2D eigenvalue weighted by atomic mass is 16.5. The van der Waals surface area contributed by atoms with E-state index in [9.17, 15) is 10.2 Å². The molecule has 0 fully saturated rings. The van der Waals surface area contributed by atoms with Gasteiger partial charge < -0.3 is 25.3 Å². The van der Waals surface area contributed by atoms with Crippen molar-refractivity contribution >= 4 is 27.8 Å². The number of aliphatic hydroxyl groups is 2. The molecule has 1 aromatic carbocycles. The smallest absolute Gasteiger partial charge is 0.152 e. The molecule has 2 heterocycles. The van der Waals surface area contributed by atoms with E-state index in [1.807, 2.05) is 22.8 Å². The Morgan fingerprint density at radius 1 is 1.26 bits per heavy atom. The first-order chi connectivity index (χ1) is 12.7. The number of hydrogen-bond donors (Lipinski definition) is 3. The van der Waals surface area contributed by atoms with Crippen molar-refractivity contribution in [2.45, 2.75) is 52.9 Å². The van der Waals surface area contributed by atoms with E-state index < -0.39 is 5.60 Å². The fraction of sp³-hybridized carbons (Fsp3) is 0.500. The molecule has 0 spiro atoms. The van der Waals surface area contributed by atoms with Crippen LogP contribution in [0.4, 0.5) is 5.82 Å². The molecule has 7 nitrogen and oxygen atoms in total. The third kappa shape index (κ3) is 3.99. The molecule has 0 atom stereocenters. The summed E-state index contributed by atoms with van der Waals surface area (Å²) >= 11 is 0. The molecule has 0 radical (unpaired) electrons. The molecule has 7 heteroatoms. The van der Waals surface area contributed by atoms with E-state index in [1.165, 1.54) is 0 Å². The first kappa shape index (κ1) is 19.4. The second kappa shape index (κ2) is 7.32. The van der Waals surface area contributed by atoms with Crippen LogP contribution in [-0.2, 0) is 13.2 Å². The van der Waals surface area contributed by atoms with Gasteiger partial charge in [0.05, 0.1) is 28.6 Å². The summed E-state index contributed by atoms with van der Waals surface area (Å²) in [6, 6.07) is 5.64. The highest BCUT2D eigenvalue weighted by Crippen LogP contribution is 2.35. The molecule has 0 aliphatic heterocycles. The van der Waals surface area contributed by atoms with Gasteiger partial charge in [-0.05, 0) is 31.9 Å². The van der Waals surface area contributed by atoms with Gasteiger partial charge in [0, 0.05) is 13.0 Å². The van der Waals surface area contributed by atoms with Crippen molar-refractivity contribution in [3.05, 3.63) is 24.0 Å². The fourth-order valence-electron chi connectivity index (χ4n) is 3.18. The van der Waals surface area contributed by atoms with Gasteiger partial charge >= 0.3 is 0 Å². The zero-order valence-electron chi connectivity index (χ0n) is 16.4. The summed E-state index contributed by atoms with van der Waals surface area (Å²) in [4.78, 5) is 9.00. The first-order valence-corrected chi connectivity index (χ1v) is 9.24. The van der Waals surface area contributed by atoms with Gasteiger partial charge in [0.1, 0.15) is 23.7 Å².